The number of nitrogens with zero attached hydrogens (tertiary/aromatic N) is 1. The molecule has 3 aromatic rings. The highest BCUT2D eigenvalue weighted by atomic mass is 19.1. The average molecular weight is 327 g/mol. The van der Waals surface area contributed by atoms with E-state index >= 15 is 0 Å². The van der Waals surface area contributed by atoms with Crippen molar-refractivity contribution in [2.24, 2.45) is 0 Å². The highest BCUT2D eigenvalue weighted by Crippen LogP contribution is 2.24. The van der Waals surface area contributed by atoms with E-state index in [2.05, 4.69) is 5.16 Å². The van der Waals surface area contributed by atoms with E-state index in [0.717, 1.165) is 11.3 Å². The molecule has 0 fully saturated rings. The Bertz CT molecular complexity index is 825. The Balaban J connectivity index is 1.72. The van der Waals surface area contributed by atoms with Crippen LogP contribution in [-0.4, -0.2) is 17.7 Å². The number of carbonyl (C=O) groups is 1. The first-order valence-corrected chi connectivity index (χ1v) is 7.33. The van der Waals surface area contributed by atoms with E-state index in [1.54, 1.807) is 24.3 Å². The number of aromatic nitrogens is 1. The average Bonchev–Trinajstić information content (AvgIpc) is 3.08. The van der Waals surface area contributed by atoms with Gasteiger partial charge >= 0.3 is 5.97 Å². The van der Waals surface area contributed by atoms with E-state index in [9.17, 15) is 9.18 Å². The molecule has 122 valence electrons. The van der Waals surface area contributed by atoms with Crippen LogP contribution < -0.4 is 9.47 Å². The predicted octanol–water partition coefficient (Wildman–Crippen LogP) is 4.10. The van der Waals surface area contributed by atoms with Gasteiger partial charge in [-0.15, -0.1) is 0 Å². The molecule has 0 aliphatic heterocycles. The molecule has 5 nitrogen and oxygen atoms in total. The molecule has 0 atom stereocenters. The van der Waals surface area contributed by atoms with Crippen LogP contribution in [0, 0.1) is 5.82 Å². The molecule has 1 aromatic heterocycles. The molecular weight excluding hydrogens is 313 g/mol. The molecule has 0 N–H and O–H groups in total. The number of halogens is 1. The van der Waals surface area contributed by atoms with E-state index in [4.69, 9.17) is 14.0 Å². The van der Waals surface area contributed by atoms with Gasteiger partial charge in [0.1, 0.15) is 17.3 Å². The lowest BCUT2D eigenvalue weighted by molar-refractivity contribution is 0.0724. The predicted molar refractivity (Wildman–Crippen MR) is 84.5 cm³/mol. The Morgan fingerprint density at radius 2 is 1.75 bits per heavy atom. The zero-order chi connectivity index (χ0) is 16.9. The molecule has 6 heteroatoms. The first-order chi connectivity index (χ1) is 11.7. The number of hydrogen-bond acceptors (Lipinski definition) is 5. The van der Waals surface area contributed by atoms with Crippen molar-refractivity contribution < 1.29 is 23.2 Å². The van der Waals surface area contributed by atoms with Crippen LogP contribution in [0.3, 0.4) is 0 Å². The van der Waals surface area contributed by atoms with Gasteiger partial charge in [0.05, 0.1) is 6.61 Å². The highest BCUT2D eigenvalue weighted by molar-refractivity contribution is 5.90. The zero-order valence-corrected chi connectivity index (χ0v) is 12.9. The summed E-state index contributed by atoms with van der Waals surface area (Å²) >= 11 is 0. The lowest BCUT2D eigenvalue weighted by Crippen LogP contribution is -2.08. The van der Waals surface area contributed by atoms with Crippen molar-refractivity contribution in [3.8, 4) is 22.8 Å². The molecule has 1 heterocycles. The fraction of sp³-hybridized carbons (Fsp3) is 0.111. The summed E-state index contributed by atoms with van der Waals surface area (Å²) in [4.78, 5) is 12.0. The van der Waals surface area contributed by atoms with E-state index < -0.39 is 11.8 Å². The van der Waals surface area contributed by atoms with E-state index in [1.165, 1.54) is 30.3 Å². The number of ether oxygens (including phenoxy) is 2. The summed E-state index contributed by atoms with van der Waals surface area (Å²) in [7, 11) is 0. The third kappa shape index (κ3) is 3.60. The molecule has 0 amide bonds. The van der Waals surface area contributed by atoms with E-state index in [0.29, 0.717) is 12.4 Å². The molecule has 0 bridgehead atoms. The molecule has 0 saturated heterocycles. The maximum Gasteiger partial charge on any atom is 0.365 e. The van der Waals surface area contributed by atoms with Crippen LogP contribution in [0.25, 0.3) is 11.3 Å². The second-order valence-corrected chi connectivity index (χ2v) is 4.88. The Hall–Kier alpha value is -3.15. The number of esters is 1. The molecule has 0 aliphatic rings. The molecule has 0 saturated carbocycles. The number of hydrogen-bond donors (Lipinski definition) is 0. The normalized spacial score (nSPS) is 10.4. The monoisotopic (exact) mass is 327 g/mol. The van der Waals surface area contributed by atoms with Gasteiger partial charge in [-0.1, -0.05) is 5.16 Å². The summed E-state index contributed by atoms with van der Waals surface area (Å²) in [6.07, 6.45) is 0. The second kappa shape index (κ2) is 6.95. The topological polar surface area (TPSA) is 61.6 Å². The van der Waals surface area contributed by atoms with Crippen molar-refractivity contribution in [3.63, 3.8) is 0 Å². The van der Waals surface area contributed by atoms with Gasteiger partial charge in [-0.2, -0.15) is 0 Å². The van der Waals surface area contributed by atoms with Crippen LogP contribution in [0.5, 0.6) is 11.5 Å². The first-order valence-electron chi connectivity index (χ1n) is 7.33. The van der Waals surface area contributed by atoms with Crippen LogP contribution in [0.2, 0.25) is 0 Å². The van der Waals surface area contributed by atoms with Gasteiger partial charge in [0.2, 0.25) is 0 Å². The maximum absolute atomic E-state index is 12.8. The molecule has 0 unspecified atom stereocenters. The summed E-state index contributed by atoms with van der Waals surface area (Å²) in [6.45, 7) is 2.49. The Morgan fingerprint density at radius 1 is 1.08 bits per heavy atom. The third-order valence-electron chi connectivity index (χ3n) is 3.19. The minimum Gasteiger partial charge on any atom is -0.494 e. The standard InChI is InChI=1S/C18H14FNO4/c1-2-22-14-7-3-12(4-8-14)17-11-16(20-24-17)18(21)23-15-9-5-13(19)6-10-15/h3-11H,2H2,1H3. The number of carbonyl (C=O) groups excluding carboxylic acids is 1. The highest BCUT2D eigenvalue weighted by Gasteiger charge is 2.16. The van der Waals surface area contributed by atoms with Gasteiger partial charge in [-0.05, 0) is 55.5 Å². The van der Waals surface area contributed by atoms with Gasteiger partial charge in [0, 0.05) is 11.6 Å². The van der Waals surface area contributed by atoms with Gasteiger partial charge in [0.25, 0.3) is 0 Å². The van der Waals surface area contributed by atoms with Gasteiger partial charge < -0.3 is 14.0 Å². The minimum absolute atomic E-state index is 0.0307. The van der Waals surface area contributed by atoms with Crippen molar-refractivity contribution >= 4 is 5.97 Å². The number of rotatable bonds is 5. The van der Waals surface area contributed by atoms with Crippen LogP contribution in [0.15, 0.2) is 59.1 Å². The summed E-state index contributed by atoms with van der Waals surface area (Å²) in [5, 5.41) is 3.71. The van der Waals surface area contributed by atoms with Gasteiger partial charge in [-0.3, -0.25) is 0 Å². The fourth-order valence-electron chi connectivity index (χ4n) is 2.05. The SMILES string of the molecule is CCOc1ccc(-c2cc(C(=O)Oc3ccc(F)cc3)no2)cc1. The largest absolute Gasteiger partial charge is 0.494 e. The van der Waals surface area contributed by atoms with Crippen LogP contribution in [-0.2, 0) is 0 Å². The molecule has 2 aromatic carbocycles. The van der Waals surface area contributed by atoms with Crippen molar-refractivity contribution in [1.29, 1.82) is 0 Å². The van der Waals surface area contributed by atoms with Crippen molar-refractivity contribution in [1.82, 2.24) is 5.16 Å². The molecule has 0 radical (unpaired) electrons. The quantitative estimate of drug-likeness (QED) is 0.521. The molecular formula is C18H14FNO4. The smallest absolute Gasteiger partial charge is 0.365 e. The number of benzene rings is 2. The van der Waals surface area contributed by atoms with E-state index in [-0.39, 0.29) is 11.4 Å². The Morgan fingerprint density at radius 3 is 2.42 bits per heavy atom. The van der Waals surface area contributed by atoms with E-state index in [1.807, 2.05) is 6.92 Å². The van der Waals surface area contributed by atoms with Crippen molar-refractivity contribution in [2.45, 2.75) is 6.92 Å². The lowest BCUT2D eigenvalue weighted by Gasteiger charge is -2.02. The second-order valence-electron chi connectivity index (χ2n) is 4.88. The Kier molecular flexibility index (Phi) is 4.56. The van der Waals surface area contributed by atoms with Crippen LogP contribution in [0.4, 0.5) is 4.39 Å². The molecule has 0 aliphatic carbocycles. The molecule has 24 heavy (non-hydrogen) atoms. The van der Waals surface area contributed by atoms with Crippen LogP contribution >= 0.6 is 0 Å². The zero-order valence-electron chi connectivity index (χ0n) is 12.9. The van der Waals surface area contributed by atoms with Gasteiger partial charge in [-0.25, -0.2) is 9.18 Å². The fourth-order valence-corrected chi connectivity index (χ4v) is 2.05. The van der Waals surface area contributed by atoms with Crippen LogP contribution in [0.1, 0.15) is 17.4 Å². The Labute approximate surface area is 137 Å². The van der Waals surface area contributed by atoms with Gasteiger partial charge in [0.15, 0.2) is 11.5 Å². The summed E-state index contributed by atoms with van der Waals surface area (Å²) in [5.41, 5.74) is 0.787. The summed E-state index contributed by atoms with van der Waals surface area (Å²) in [5.74, 6) is 0.324. The minimum atomic E-state index is -0.678. The van der Waals surface area contributed by atoms with Crippen molar-refractivity contribution in [2.75, 3.05) is 6.61 Å². The lowest BCUT2D eigenvalue weighted by atomic mass is 10.1. The molecule has 3 rings (SSSR count). The third-order valence-corrected chi connectivity index (χ3v) is 3.19. The summed E-state index contributed by atoms with van der Waals surface area (Å²) in [6, 6.07) is 13.8. The molecule has 0 spiro atoms. The maximum atomic E-state index is 12.8. The first kappa shape index (κ1) is 15.7. The summed E-state index contributed by atoms with van der Waals surface area (Å²) < 4.78 is 28.5. The van der Waals surface area contributed by atoms with Crippen molar-refractivity contribution in [3.05, 3.63) is 66.1 Å².